The Hall–Kier alpha value is -2.20. The van der Waals surface area contributed by atoms with Gasteiger partial charge in [0.05, 0.1) is 26.9 Å². The highest BCUT2D eigenvalue weighted by Crippen LogP contribution is 2.29. The number of hydrogen-bond acceptors (Lipinski definition) is 3. The lowest BCUT2D eigenvalue weighted by Gasteiger charge is -2.21. The maximum absolute atomic E-state index is 5.77. The predicted molar refractivity (Wildman–Crippen MR) is 114 cm³/mol. The minimum atomic E-state index is 0.206. The zero-order valence-electron chi connectivity index (χ0n) is 18.2. The van der Waals surface area contributed by atoms with Crippen LogP contribution in [0.25, 0.3) is 0 Å². The average Bonchev–Trinajstić information content (AvgIpc) is 2.68. The van der Waals surface area contributed by atoms with Crippen molar-refractivity contribution < 1.29 is 19.5 Å². The van der Waals surface area contributed by atoms with E-state index in [0.29, 0.717) is 11.8 Å². The number of ether oxygens (including phenoxy) is 3. The van der Waals surface area contributed by atoms with Gasteiger partial charge in [0.1, 0.15) is 12.3 Å². The number of benzene rings is 2. The average molecular weight is 387 g/mol. The summed E-state index contributed by atoms with van der Waals surface area (Å²) in [7, 11) is 3.34. The Morgan fingerprint density at radius 3 is 2.11 bits per heavy atom. The molecule has 4 heteroatoms. The van der Waals surface area contributed by atoms with Gasteiger partial charge in [-0.15, -0.1) is 0 Å². The van der Waals surface area contributed by atoms with Gasteiger partial charge in [-0.25, -0.2) is 0 Å². The van der Waals surface area contributed by atoms with Crippen LogP contribution in [-0.4, -0.2) is 26.9 Å². The maximum atomic E-state index is 5.77. The standard InChI is InChI=1S/C24H35NO3/c1-17(2)22(20-8-10-21(11-9-20)28-18(3)4)13-14-25-16-19-7-12-23(26-5)24(15-19)27-6/h7-12,15,17-18,22,25H,13-14,16H2,1-6H3/p+1/t22-/m1/s1. The fraction of sp³-hybridized carbons (Fsp3) is 0.500. The molecule has 0 bridgehead atoms. The second kappa shape index (κ2) is 11.0. The van der Waals surface area contributed by atoms with E-state index >= 15 is 0 Å². The molecule has 0 aromatic heterocycles. The Labute approximate surface area is 170 Å². The van der Waals surface area contributed by atoms with E-state index in [1.165, 1.54) is 11.1 Å². The molecule has 0 radical (unpaired) electrons. The summed E-state index contributed by atoms with van der Waals surface area (Å²) < 4.78 is 16.5. The van der Waals surface area contributed by atoms with Crippen LogP contribution >= 0.6 is 0 Å². The molecular formula is C24H36NO3+. The van der Waals surface area contributed by atoms with Crippen molar-refractivity contribution in [1.29, 1.82) is 0 Å². The van der Waals surface area contributed by atoms with Crippen LogP contribution in [0.3, 0.4) is 0 Å². The topological polar surface area (TPSA) is 44.3 Å². The van der Waals surface area contributed by atoms with Crippen LogP contribution in [0.4, 0.5) is 0 Å². The molecule has 154 valence electrons. The zero-order valence-corrected chi connectivity index (χ0v) is 18.2. The lowest BCUT2D eigenvalue weighted by molar-refractivity contribution is -0.671. The van der Waals surface area contributed by atoms with E-state index in [-0.39, 0.29) is 6.10 Å². The van der Waals surface area contributed by atoms with Crippen LogP contribution in [0.5, 0.6) is 17.2 Å². The molecule has 0 aliphatic rings. The molecule has 0 aliphatic heterocycles. The third-order valence-electron chi connectivity index (χ3n) is 4.99. The molecule has 0 aliphatic carbocycles. The monoisotopic (exact) mass is 386 g/mol. The molecule has 0 saturated carbocycles. The lowest BCUT2D eigenvalue weighted by Crippen LogP contribution is -2.82. The van der Waals surface area contributed by atoms with Gasteiger partial charge < -0.3 is 19.5 Å². The molecule has 2 aromatic carbocycles. The molecule has 0 fully saturated rings. The van der Waals surface area contributed by atoms with Crippen molar-refractivity contribution in [1.82, 2.24) is 0 Å². The first kappa shape index (κ1) is 22.1. The van der Waals surface area contributed by atoms with Gasteiger partial charge in [0.15, 0.2) is 11.5 Å². The molecule has 0 spiro atoms. The summed E-state index contributed by atoms with van der Waals surface area (Å²) in [4.78, 5) is 0. The Bertz CT molecular complexity index is 710. The first-order valence-electron chi connectivity index (χ1n) is 10.2. The Morgan fingerprint density at radius 2 is 1.54 bits per heavy atom. The van der Waals surface area contributed by atoms with Crippen molar-refractivity contribution in [2.45, 2.75) is 52.7 Å². The summed E-state index contributed by atoms with van der Waals surface area (Å²) in [5.74, 6) is 3.66. The second-order valence-corrected chi connectivity index (χ2v) is 7.85. The molecule has 0 saturated heterocycles. The largest absolute Gasteiger partial charge is 0.493 e. The van der Waals surface area contributed by atoms with Crippen molar-refractivity contribution in [3.8, 4) is 17.2 Å². The Morgan fingerprint density at radius 1 is 0.857 bits per heavy atom. The zero-order chi connectivity index (χ0) is 20.5. The number of rotatable bonds is 11. The summed E-state index contributed by atoms with van der Waals surface area (Å²) in [5.41, 5.74) is 2.64. The van der Waals surface area contributed by atoms with Crippen LogP contribution in [0.2, 0.25) is 0 Å². The van der Waals surface area contributed by atoms with Gasteiger partial charge in [0.25, 0.3) is 0 Å². The van der Waals surface area contributed by atoms with Crippen LogP contribution in [0, 0.1) is 5.92 Å². The molecular weight excluding hydrogens is 350 g/mol. The SMILES string of the molecule is COc1ccc(C[NH2+]CC[C@@H](c2ccc(OC(C)C)cc2)C(C)C)cc1OC. The smallest absolute Gasteiger partial charge is 0.161 e. The Balaban J connectivity index is 1.90. The molecule has 1 atom stereocenters. The van der Waals surface area contributed by atoms with Crippen LogP contribution < -0.4 is 19.5 Å². The van der Waals surface area contributed by atoms with Gasteiger partial charge in [-0.3, -0.25) is 0 Å². The number of hydrogen-bond donors (Lipinski definition) is 1. The molecule has 2 rings (SSSR count). The van der Waals surface area contributed by atoms with Gasteiger partial charge in [-0.2, -0.15) is 0 Å². The third-order valence-corrected chi connectivity index (χ3v) is 4.99. The second-order valence-electron chi connectivity index (χ2n) is 7.85. The van der Waals surface area contributed by atoms with Crippen molar-refractivity contribution in [2.24, 2.45) is 5.92 Å². The Kier molecular flexibility index (Phi) is 8.65. The van der Waals surface area contributed by atoms with Crippen LogP contribution in [-0.2, 0) is 6.54 Å². The summed E-state index contributed by atoms with van der Waals surface area (Å²) in [6, 6.07) is 14.8. The summed E-state index contributed by atoms with van der Waals surface area (Å²) in [6.07, 6.45) is 1.35. The summed E-state index contributed by atoms with van der Waals surface area (Å²) >= 11 is 0. The van der Waals surface area contributed by atoms with Gasteiger partial charge in [0, 0.05) is 12.0 Å². The first-order valence-corrected chi connectivity index (χ1v) is 10.2. The van der Waals surface area contributed by atoms with E-state index in [2.05, 4.69) is 69.4 Å². The summed E-state index contributed by atoms with van der Waals surface area (Å²) in [5, 5.41) is 2.37. The highest BCUT2D eigenvalue weighted by molar-refractivity contribution is 5.42. The van der Waals surface area contributed by atoms with E-state index in [0.717, 1.165) is 36.8 Å². The summed E-state index contributed by atoms with van der Waals surface area (Å²) in [6.45, 7) is 10.7. The number of quaternary nitrogens is 1. The van der Waals surface area contributed by atoms with Gasteiger partial charge in [0.2, 0.25) is 0 Å². The van der Waals surface area contributed by atoms with Gasteiger partial charge in [-0.05, 0) is 61.6 Å². The van der Waals surface area contributed by atoms with Crippen molar-refractivity contribution in [3.05, 3.63) is 53.6 Å². The van der Waals surface area contributed by atoms with Crippen molar-refractivity contribution in [2.75, 3.05) is 20.8 Å². The molecule has 2 aromatic rings. The lowest BCUT2D eigenvalue weighted by atomic mass is 9.86. The quantitative estimate of drug-likeness (QED) is 0.583. The number of methoxy groups -OCH3 is 2. The van der Waals surface area contributed by atoms with E-state index < -0.39 is 0 Å². The van der Waals surface area contributed by atoms with E-state index in [4.69, 9.17) is 14.2 Å². The first-order chi connectivity index (χ1) is 13.4. The van der Waals surface area contributed by atoms with E-state index in [1.54, 1.807) is 14.2 Å². The minimum absolute atomic E-state index is 0.206. The van der Waals surface area contributed by atoms with Gasteiger partial charge >= 0.3 is 0 Å². The predicted octanol–water partition coefficient (Wildman–Crippen LogP) is 4.38. The fourth-order valence-electron chi connectivity index (χ4n) is 3.52. The number of nitrogens with two attached hydrogens (primary N) is 1. The molecule has 0 amide bonds. The highest BCUT2D eigenvalue weighted by atomic mass is 16.5. The highest BCUT2D eigenvalue weighted by Gasteiger charge is 2.17. The minimum Gasteiger partial charge on any atom is -0.493 e. The van der Waals surface area contributed by atoms with E-state index in [1.807, 2.05) is 6.07 Å². The van der Waals surface area contributed by atoms with Crippen molar-refractivity contribution in [3.63, 3.8) is 0 Å². The van der Waals surface area contributed by atoms with Gasteiger partial charge in [-0.1, -0.05) is 26.0 Å². The molecule has 28 heavy (non-hydrogen) atoms. The van der Waals surface area contributed by atoms with E-state index in [9.17, 15) is 0 Å². The van der Waals surface area contributed by atoms with Crippen LogP contribution in [0.1, 0.15) is 51.2 Å². The molecule has 2 N–H and O–H groups in total. The third kappa shape index (κ3) is 6.45. The molecule has 0 unspecified atom stereocenters. The maximum Gasteiger partial charge on any atom is 0.161 e. The van der Waals surface area contributed by atoms with Crippen LogP contribution in [0.15, 0.2) is 42.5 Å². The van der Waals surface area contributed by atoms with Crippen molar-refractivity contribution >= 4 is 0 Å². The normalized spacial score (nSPS) is 12.3. The fourth-order valence-corrected chi connectivity index (χ4v) is 3.52. The molecule has 0 heterocycles. The molecule has 4 nitrogen and oxygen atoms in total.